The molecule has 3 heterocycles. The van der Waals surface area contributed by atoms with Crippen LogP contribution in [-0.2, 0) is 11.3 Å². The molecule has 3 unspecified atom stereocenters. The molecule has 0 amide bonds. The minimum Gasteiger partial charge on any atom is -0.391 e. The van der Waals surface area contributed by atoms with Crippen LogP contribution in [0.15, 0.2) is 6.20 Å². The van der Waals surface area contributed by atoms with Gasteiger partial charge in [-0.1, -0.05) is 0 Å². The van der Waals surface area contributed by atoms with Crippen LogP contribution >= 0.6 is 11.3 Å². The molecule has 3 atom stereocenters. The van der Waals surface area contributed by atoms with E-state index >= 15 is 0 Å². The first-order valence-corrected chi connectivity index (χ1v) is 7.80. The predicted octanol–water partition coefficient (Wildman–Crippen LogP) is 0.664. The number of aromatic nitrogens is 1. The van der Waals surface area contributed by atoms with Crippen LogP contribution in [-0.4, -0.2) is 42.4 Å². The highest BCUT2D eigenvalue weighted by Crippen LogP contribution is 2.31. The van der Waals surface area contributed by atoms with Gasteiger partial charge in [-0.05, 0) is 12.8 Å². The number of aliphatic hydroxyl groups excluding tert-OH is 1. The molecule has 1 aromatic rings. The van der Waals surface area contributed by atoms with E-state index in [1.54, 1.807) is 11.3 Å². The monoisotopic (exact) mass is 283 g/mol. The van der Waals surface area contributed by atoms with E-state index in [2.05, 4.69) is 15.6 Å². The molecule has 106 valence electrons. The predicted molar refractivity (Wildman–Crippen MR) is 74.1 cm³/mol. The summed E-state index contributed by atoms with van der Waals surface area (Å²) in [7, 11) is 0. The van der Waals surface area contributed by atoms with E-state index in [-0.39, 0.29) is 12.2 Å². The number of hydrogen-bond acceptors (Lipinski definition) is 6. The van der Waals surface area contributed by atoms with Gasteiger partial charge in [-0.2, -0.15) is 0 Å². The van der Waals surface area contributed by atoms with E-state index in [1.807, 2.05) is 6.20 Å². The van der Waals surface area contributed by atoms with Crippen molar-refractivity contribution < 1.29 is 9.84 Å². The second-order valence-corrected chi connectivity index (χ2v) is 6.43. The second kappa shape index (κ2) is 6.28. The van der Waals surface area contributed by atoms with Crippen LogP contribution in [0.2, 0.25) is 0 Å². The van der Waals surface area contributed by atoms with Gasteiger partial charge in [-0.15, -0.1) is 11.3 Å². The fraction of sp³-hybridized carbons (Fsp3) is 0.769. The molecular weight excluding hydrogens is 262 g/mol. The maximum atomic E-state index is 9.71. The Morgan fingerprint density at radius 3 is 3.21 bits per heavy atom. The van der Waals surface area contributed by atoms with Gasteiger partial charge < -0.3 is 20.5 Å². The van der Waals surface area contributed by atoms with E-state index in [4.69, 9.17) is 4.74 Å². The molecule has 6 heteroatoms. The third-order valence-corrected chi connectivity index (χ3v) is 4.88. The third-order valence-electron chi connectivity index (χ3n) is 3.79. The minimum absolute atomic E-state index is 0.212. The Bertz CT molecular complexity index is 406. The second-order valence-electron chi connectivity index (χ2n) is 5.28. The Morgan fingerprint density at radius 1 is 1.53 bits per heavy atom. The number of nitrogens with one attached hydrogen (secondary N) is 2. The lowest BCUT2D eigenvalue weighted by molar-refractivity contribution is 0.111. The van der Waals surface area contributed by atoms with Gasteiger partial charge in [0.05, 0.1) is 6.10 Å². The molecule has 5 nitrogen and oxygen atoms in total. The summed E-state index contributed by atoms with van der Waals surface area (Å²) in [6.07, 6.45) is 4.19. The van der Waals surface area contributed by atoms with E-state index < -0.39 is 0 Å². The van der Waals surface area contributed by atoms with E-state index in [1.165, 1.54) is 4.88 Å². The molecule has 0 radical (unpaired) electrons. The molecule has 0 saturated carbocycles. The van der Waals surface area contributed by atoms with Crippen LogP contribution in [0.3, 0.4) is 0 Å². The van der Waals surface area contributed by atoms with Crippen molar-refractivity contribution in [3.05, 3.63) is 16.1 Å². The zero-order chi connectivity index (χ0) is 13.1. The number of hydrogen-bond donors (Lipinski definition) is 3. The Morgan fingerprint density at radius 2 is 2.47 bits per heavy atom. The minimum atomic E-state index is -0.212. The lowest BCUT2D eigenvalue weighted by Gasteiger charge is -2.13. The first-order chi connectivity index (χ1) is 9.33. The molecule has 2 fully saturated rings. The number of aliphatic hydroxyl groups is 1. The van der Waals surface area contributed by atoms with Gasteiger partial charge >= 0.3 is 0 Å². The summed E-state index contributed by atoms with van der Waals surface area (Å²) in [5.74, 6) is 0.325. The topological polar surface area (TPSA) is 66.4 Å². The third kappa shape index (κ3) is 3.32. The molecule has 3 N–H and O–H groups in total. The zero-order valence-corrected chi connectivity index (χ0v) is 11.8. The molecule has 0 aromatic carbocycles. The first kappa shape index (κ1) is 13.5. The molecule has 0 spiro atoms. The lowest BCUT2D eigenvalue weighted by atomic mass is 10.1. The molecule has 19 heavy (non-hydrogen) atoms. The molecule has 1 aromatic heterocycles. The van der Waals surface area contributed by atoms with E-state index in [0.29, 0.717) is 5.92 Å². The van der Waals surface area contributed by atoms with E-state index in [9.17, 15) is 5.11 Å². The maximum Gasteiger partial charge on any atom is 0.122 e. The van der Waals surface area contributed by atoms with Crippen molar-refractivity contribution >= 4 is 11.3 Å². The van der Waals surface area contributed by atoms with Crippen molar-refractivity contribution in [2.75, 3.05) is 26.2 Å². The fourth-order valence-corrected chi connectivity index (χ4v) is 3.60. The normalized spacial score (nSPS) is 31.1. The van der Waals surface area contributed by atoms with Crippen LogP contribution in [0, 0.1) is 5.92 Å². The average Bonchev–Trinajstić information content (AvgIpc) is 3.11. The number of ether oxygens (including phenoxy) is 1. The number of rotatable bonds is 5. The smallest absolute Gasteiger partial charge is 0.122 e. The van der Waals surface area contributed by atoms with Crippen molar-refractivity contribution in [1.29, 1.82) is 0 Å². The molecule has 3 rings (SSSR count). The van der Waals surface area contributed by atoms with Crippen molar-refractivity contribution in [1.82, 2.24) is 15.6 Å². The van der Waals surface area contributed by atoms with E-state index in [0.717, 1.165) is 50.6 Å². The highest BCUT2D eigenvalue weighted by molar-refractivity contribution is 7.11. The fourth-order valence-electron chi connectivity index (χ4n) is 2.63. The molecule has 0 aliphatic carbocycles. The van der Waals surface area contributed by atoms with Gasteiger partial charge in [-0.3, -0.25) is 0 Å². The average molecular weight is 283 g/mol. The van der Waals surface area contributed by atoms with Crippen LogP contribution < -0.4 is 10.6 Å². The maximum absolute atomic E-state index is 9.71. The molecule has 2 saturated heterocycles. The van der Waals surface area contributed by atoms with Crippen LogP contribution in [0.5, 0.6) is 0 Å². The van der Waals surface area contributed by atoms with Crippen molar-refractivity contribution in [2.24, 2.45) is 5.92 Å². The van der Waals surface area contributed by atoms with Gasteiger partial charge in [0.1, 0.15) is 11.1 Å². The zero-order valence-electron chi connectivity index (χ0n) is 11.0. The van der Waals surface area contributed by atoms with Crippen LogP contribution in [0.25, 0.3) is 0 Å². The summed E-state index contributed by atoms with van der Waals surface area (Å²) in [5.41, 5.74) is 0. The van der Waals surface area contributed by atoms with Crippen molar-refractivity contribution in [3.8, 4) is 0 Å². The quantitative estimate of drug-likeness (QED) is 0.741. The van der Waals surface area contributed by atoms with Gasteiger partial charge in [-0.25, -0.2) is 4.98 Å². The SMILES string of the molecule is OC1CNCC1CNCc1cnc(C2CCCO2)s1. The van der Waals surface area contributed by atoms with Gasteiger partial charge in [0, 0.05) is 49.8 Å². The summed E-state index contributed by atoms with van der Waals surface area (Å²) >= 11 is 1.74. The highest BCUT2D eigenvalue weighted by Gasteiger charge is 2.24. The summed E-state index contributed by atoms with van der Waals surface area (Å²) in [6.45, 7) is 4.16. The van der Waals surface area contributed by atoms with Crippen LogP contribution in [0.4, 0.5) is 0 Å². The first-order valence-electron chi connectivity index (χ1n) is 6.98. The summed E-state index contributed by atoms with van der Waals surface area (Å²) in [5, 5.41) is 17.4. The van der Waals surface area contributed by atoms with Crippen molar-refractivity contribution in [2.45, 2.75) is 31.6 Å². The molecule has 2 aliphatic rings. The summed E-state index contributed by atoms with van der Waals surface area (Å²) in [6, 6.07) is 0. The molecular formula is C13H21N3O2S. The Balaban J connectivity index is 1.45. The molecule has 2 aliphatic heterocycles. The standard InChI is InChI=1S/C13H21N3O2S/c17-11-8-15-5-9(11)4-14-6-10-7-16-13(19-10)12-2-1-3-18-12/h7,9,11-12,14-15,17H,1-6,8H2. The number of thiazole rings is 1. The van der Waals surface area contributed by atoms with Gasteiger partial charge in [0.15, 0.2) is 0 Å². The highest BCUT2D eigenvalue weighted by atomic mass is 32.1. The Kier molecular flexibility index (Phi) is 4.45. The summed E-state index contributed by atoms with van der Waals surface area (Å²) in [4.78, 5) is 5.70. The van der Waals surface area contributed by atoms with Gasteiger partial charge in [0.2, 0.25) is 0 Å². The lowest BCUT2D eigenvalue weighted by Crippen LogP contribution is -2.29. The Labute approximate surface area is 117 Å². The number of β-amino-alcohol motifs (C(OH)–C–C–N with tert-alkyl or cyclic N) is 1. The number of nitrogens with zero attached hydrogens (tertiary/aromatic N) is 1. The van der Waals surface area contributed by atoms with Gasteiger partial charge in [0.25, 0.3) is 0 Å². The summed E-state index contributed by atoms with van der Waals surface area (Å²) < 4.78 is 5.64. The van der Waals surface area contributed by atoms with Crippen molar-refractivity contribution in [3.63, 3.8) is 0 Å². The molecule has 0 bridgehead atoms. The Hall–Kier alpha value is -0.530. The largest absolute Gasteiger partial charge is 0.391 e. The van der Waals surface area contributed by atoms with Crippen LogP contribution in [0.1, 0.15) is 28.8 Å².